The van der Waals surface area contributed by atoms with Crippen LogP contribution in [0.5, 0.6) is 11.5 Å². The summed E-state index contributed by atoms with van der Waals surface area (Å²) in [6.07, 6.45) is 2.09. The van der Waals surface area contributed by atoms with E-state index in [-0.39, 0.29) is 6.10 Å². The van der Waals surface area contributed by atoms with Gasteiger partial charge in [0.05, 0.1) is 20.3 Å². The van der Waals surface area contributed by atoms with Gasteiger partial charge in [-0.1, -0.05) is 13.0 Å². The molecule has 4 heteroatoms. The first-order valence-corrected chi connectivity index (χ1v) is 6.87. The average Bonchev–Trinajstić information content (AvgIpc) is 2.48. The fourth-order valence-electron chi connectivity index (χ4n) is 2.20. The van der Waals surface area contributed by atoms with Crippen molar-refractivity contribution >= 4 is 0 Å². The SMILES string of the molecule is COc1cc(C(C)CN)ccc1OC1CCOCC1. The van der Waals surface area contributed by atoms with Gasteiger partial charge < -0.3 is 19.9 Å². The van der Waals surface area contributed by atoms with Crippen LogP contribution in [0.25, 0.3) is 0 Å². The summed E-state index contributed by atoms with van der Waals surface area (Å²) in [5.74, 6) is 1.91. The van der Waals surface area contributed by atoms with Gasteiger partial charge in [-0.25, -0.2) is 0 Å². The highest BCUT2D eigenvalue weighted by Gasteiger charge is 2.18. The third kappa shape index (κ3) is 3.61. The number of methoxy groups -OCH3 is 1. The Morgan fingerprint density at radius 1 is 1.32 bits per heavy atom. The molecule has 4 nitrogen and oxygen atoms in total. The van der Waals surface area contributed by atoms with Crippen LogP contribution in [0.3, 0.4) is 0 Å². The number of hydrogen-bond donors (Lipinski definition) is 1. The molecule has 0 aliphatic carbocycles. The molecule has 106 valence electrons. The van der Waals surface area contributed by atoms with E-state index in [1.54, 1.807) is 7.11 Å². The molecule has 2 rings (SSSR count). The summed E-state index contributed by atoms with van der Waals surface area (Å²) in [5.41, 5.74) is 6.88. The van der Waals surface area contributed by atoms with Gasteiger partial charge in [0.1, 0.15) is 6.10 Å². The van der Waals surface area contributed by atoms with E-state index in [2.05, 4.69) is 13.0 Å². The lowest BCUT2D eigenvalue weighted by molar-refractivity contribution is 0.0245. The van der Waals surface area contributed by atoms with Crippen molar-refractivity contribution in [2.45, 2.75) is 31.8 Å². The van der Waals surface area contributed by atoms with E-state index in [1.165, 1.54) is 5.56 Å². The Labute approximate surface area is 114 Å². The molecule has 0 bridgehead atoms. The van der Waals surface area contributed by atoms with Crippen LogP contribution in [0.15, 0.2) is 18.2 Å². The normalized spacial score (nSPS) is 18.1. The Balaban J connectivity index is 2.11. The highest BCUT2D eigenvalue weighted by atomic mass is 16.5. The lowest BCUT2D eigenvalue weighted by Crippen LogP contribution is -2.26. The topological polar surface area (TPSA) is 53.7 Å². The van der Waals surface area contributed by atoms with Gasteiger partial charge in [0.15, 0.2) is 11.5 Å². The van der Waals surface area contributed by atoms with Crippen molar-refractivity contribution in [1.82, 2.24) is 0 Å². The van der Waals surface area contributed by atoms with Gasteiger partial charge in [-0.05, 0) is 30.2 Å². The van der Waals surface area contributed by atoms with Crippen LogP contribution in [0.4, 0.5) is 0 Å². The molecular formula is C15H23NO3. The van der Waals surface area contributed by atoms with Crippen molar-refractivity contribution in [2.24, 2.45) is 5.73 Å². The Morgan fingerprint density at radius 2 is 2.05 bits per heavy atom. The van der Waals surface area contributed by atoms with Crippen LogP contribution in [-0.4, -0.2) is 33.0 Å². The molecule has 1 heterocycles. The minimum atomic E-state index is 0.223. The van der Waals surface area contributed by atoms with Gasteiger partial charge in [-0.3, -0.25) is 0 Å². The van der Waals surface area contributed by atoms with Gasteiger partial charge in [0.25, 0.3) is 0 Å². The van der Waals surface area contributed by atoms with Crippen molar-refractivity contribution in [2.75, 3.05) is 26.9 Å². The number of nitrogens with two attached hydrogens (primary N) is 1. The molecule has 1 saturated heterocycles. The molecule has 0 saturated carbocycles. The molecule has 1 aromatic carbocycles. The maximum absolute atomic E-state index is 6.01. The molecule has 0 aromatic heterocycles. The van der Waals surface area contributed by atoms with Crippen LogP contribution in [0.1, 0.15) is 31.2 Å². The quantitative estimate of drug-likeness (QED) is 0.887. The van der Waals surface area contributed by atoms with E-state index in [1.807, 2.05) is 12.1 Å². The number of ether oxygens (including phenoxy) is 3. The smallest absolute Gasteiger partial charge is 0.161 e. The van der Waals surface area contributed by atoms with Gasteiger partial charge in [-0.2, -0.15) is 0 Å². The van der Waals surface area contributed by atoms with Crippen LogP contribution in [-0.2, 0) is 4.74 Å². The molecule has 0 radical (unpaired) electrons. The van der Waals surface area contributed by atoms with Crippen LogP contribution in [0.2, 0.25) is 0 Å². The number of benzene rings is 1. The molecule has 0 amide bonds. The summed E-state index contributed by atoms with van der Waals surface area (Å²) in [6.45, 7) is 4.28. The zero-order valence-electron chi connectivity index (χ0n) is 11.7. The van der Waals surface area contributed by atoms with Gasteiger partial charge >= 0.3 is 0 Å². The zero-order valence-corrected chi connectivity index (χ0v) is 11.7. The summed E-state index contributed by atoms with van der Waals surface area (Å²) in [5, 5.41) is 0. The van der Waals surface area contributed by atoms with E-state index in [0.717, 1.165) is 37.6 Å². The van der Waals surface area contributed by atoms with Gasteiger partial charge in [-0.15, -0.1) is 0 Å². The Morgan fingerprint density at radius 3 is 2.68 bits per heavy atom. The summed E-state index contributed by atoms with van der Waals surface area (Å²) in [4.78, 5) is 0. The summed E-state index contributed by atoms with van der Waals surface area (Å²) in [7, 11) is 1.67. The standard InChI is InChI=1S/C15H23NO3/c1-11(10-16)12-3-4-14(15(9-12)17-2)19-13-5-7-18-8-6-13/h3-4,9,11,13H,5-8,10,16H2,1-2H3. The predicted molar refractivity (Wildman–Crippen MR) is 74.9 cm³/mol. The summed E-state index contributed by atoms with van der Waals surface area (Å²) < 4.78 is 16.8. The molecule has 19 heavy (non-hydrogen) atoms. The maximum Gasteiger partial charge on any atom is 0.161 e. The zero-order chi connectivity index (χ0) is 13.7. The molecular weight excluding hydrogens is 242 g/mol. The van der Waals surface area contributed by atoms with E-state index >= 15 is 0 Å². The largest absolute Gasteiger partial charge is 0.493 e. The van der Waals surface area contributed by atoms with Gasteiger partial charge in [0, 0.05) is 12.8 Å². The second-order valence-electron chi connectivity index (χ2n) is 4.98. The van der Waals surface area contributed by atoms with Crippen molar-refractivity contribution in [3.05, 3.63) is 23.8 Å². The molecule has 1 aromatic rings. The van der Waals surface area contributed by atoms with Crippen molar-refractivity contribution in [1.29, 1.82) is 0 Å². The number of hydrogen-bond acceptors (Lipinski definition) is 4. The average molecular weight is 265 g/mol. The third-order valence-electron chi connectivity index (χ3n) is 3.57. The Bertz CT molecular complexity index is 402. The van der Waals surface area contributed by atoms with E-state index in [4.69, 9.17) is 19.9 Å². The minimum Gasteiger partial charge on any atom is -0.493 e. The van der Waals surface area contributed by atoms with Crippen molar-refractivity contribution < 1.29 is 14.2 Å². The van der Waals surface area contributed by atoms with E-state index in [0.29, 0.717) is 12.5 Å². The third-order valence-corrected chi connectivity index (χ3v) is 3.57. The molecule has 2 N–H and O–H groups in total. The summed E-state index contributed by atoms with van der Waals surface area (Å²) >= 11 is 0. The predicted octanol–water partition coefficient (Wildman–Crippen LogP) is 2.32. The van der Waals surface area contributed by atoms with Crippen LogP contribution >= 0.6 is 0 Å². The fraction of sp³-hybridized carbons (Fsp3) is 0.600. The number of rotatable bonds is 5. The molecule has 1 unspecified atom stereocenters. The molecule has 0 spiro atoms. The van der Waals surface area contributed by atoms with Crippen LogP contribution in [0, 0.1) is 0 Å². The lowest BCUT2D eigenvalue weighted by atomic mass is 10.0. The molecule has 1 atom stereocenters. The highest BCUT2D eigenvalue weighted by Crippen LogP contribution is 2.32. The van der Waals surface area contributed by atoms with Crippen molar-refractivity contribution in [3.8, 4) is 11.5 Å². The van der Waals surface area contributed by atoms with Gasteiger partial charge in [0.2, 0.25) is 0 Å². The first kappa shape index (κ1) is 14.2. The Hall–Kier alpha value is -1.26. The second kappa shape index (κ2) is 6.78. The van der Waals surface area contributed by atoms with Crippen LogP contribution < -0.4 is 15.2 Å². The second-order valence-corrected chi connectivity index (χ2v) is 4.98. The van der Waals surface area contributed by atoms with E-state index in [9.17, 15) is 0 Å². The summed E-state index contributed by atoms with van der Waals surface area (Å²) in [6, 6.07) is 6.07. The Kier molecular flexibility index (Phi) is 5.05. The molecule has 1 aliphatic heterocycles. The van der Waals surface area contributed by atoms with Crippen molar-refractivity contribution in [3.63, 3.8) is 0 Å². The first-order chi connectivity index (χ1) is 9.24. The molecule has 1 fully saturated rings. The first-order valence-electron chi connectivity index (χ1n) is 6.87. The lowest BCUT2D eigenvalue weighted by Gasteiger charge is -2.24. The highest BCUT2D eigenvalue weighted by molar-refractivity contribution is 5.44. The monoisotopic (exact) mass is 265 g/mol. The maximum atomic E-state index is 6.01. The van der Waals surface area contributed by atoms with E-state index < -0.39 is 0 Å². The minimum absolute atomic E-state index is 0.223. The molecule has 1 aliphatic rings. The fourth-order valence-corrected chi connectivity index (χ4v) is 2.20.